The first kappa shape index (κ1) is 13.0. The fourth-order valence-corrected chi connectivity index (χ4v) is 1.23. The van der Waals surface area contributed by atoms with Crippen LogP contribution >= 0.6 is 0 Å². The van der Waals surface area contributed by atoms with Gasteiger partial charge in [0, 0.05) is 5.69 Å². The molecule has 1 atom stereocenters. The van der Waals surface area contributed by atoms with Crippen LogP contribution in [0.1, 0.15) is 13.3 Å². The molecule has 2 amide bonds. The summed E-state index contributed by atoms with van der Waals surface area (Å²) in [5.41, 5.74) is 0.266. The van der Waals surface area contributed by atoms with Gasteiger partial charge in [-0.05, 0) is 24.6 Å². The zero-order chi connectivity index (χ0) is 12.8. The fourth-order valence-electron chi connectivity index (χ4n) is 1.23. The first-order valence-electron chi connectivity index (χ1n) is 5.08. The summed E-state index contributed by atoms with van der Waals surface area (Å²) in [7, 11) is 0. The van der Waals surface area contributed by atoms with Crippen LogP contribution in [0.2, 0.25) is 0 Å². The van der Waals surface area contributed by atoms with Crippen molar-refractivity contribution in [3.05, 3.63) is 30.1 Å². The number of benzene rings is 1. The molecular formula is C11H13FN2O3. The first-order valence-corrected chi connectivity index (χ1v) is 5.08. The lowest BCUT2D eigenvalue weighted by Gasteiger charge is -2.13. The van der Waals surface area contributed by atoms with Crippen molar-refractivity contribution in [2.45, 2.75) is 19.4 Å². The summed E-state index contributed by atoms with van der Waals surface area (Å²) in [5, 5.41) is 13.3. The van der Waals surface area contributed by atoms with Crippen LogP contribution < -0.4 is 10.6 Å². The Kier molecular flexibility index (Phi) is 4.45. The molecule has 0 aromatic heterocycles. The van der Waals surface area contributed by atoms with Crippen molar-refractivity contribution in [3.63, 3.8) is 0 Å². The van der Waals surface area contributed by atoms with Crippen LogP contribution in [0.25, 0.3) is 0 Å². The zero-order valence-corrected chi connectivity index (χ0v) is 9.24. The number of amides is 2. The van der Waals surface area contributed by atoms with E-state index in [9.17, 15) is 14.0 Å². The van der Waals surface area contributed by atoms with Crippen molar-refractivity contribution in [1.29, 1.82) is 0 Å². The Morgan fingerprint density at radius 2 is 2.18 bits per heavy atom. The van der Waals surface area contributed by atoms with E-state index >= 15 is 0 Å². The average Bonchev–Trinajstić information content (AvgIpc) is 2.25. The Morgan fingerprint density at radius 1 is 1.47 bits per heavy atom. The summed E-state index contributed by atoms with van der Waals surface area (Å²) in [6, 6.07) is 3.70. The molecule has 1 aromatic carbocycles. The molecule has 17 heavy (non-hydrogen) atoms. The summed E-state index contributed by atoms with van der Waals surface area (Å²) < 4.78 is 12.8. The van der Waals surface area contributed by atoms with Gasteiger partial charge in [0.25, 0.3) is 0 Å². The number of nitrogens with one attached hydrogen (secondary N) is 2. The number of carboxylic acid groups (broad SMARTS) is 1. The Morgan fingerprint density at radius 3 is 2.71 bits per heavy atom. The highest BCUT2D eigenvalue weighted by molar-refractivity contribution is 5.92. The van der Waals surface area contributed by atoms with E-state index in [1.165, 1.54) is 18.2 Å². The number of rotatable bonds is 4. The standard InChI is InChI=1S/C11H13FN2O3/c1-2-9(10(15)16)14-11(17)13-8-5-3-4-7(12)6-8/h3-6,9H,2H2,1H3,(H,15,16)(H2,13,14,17). The van der Waals surface area contributed by atoms with Crippen LogP contribution in [-0.2, 0) is 4.79 Å². The minimum atomic E-state index is -1.11. The fraction of sp³-hybridized carbons (Fsp3) is 0.273. The van der Waals surface area contributed by atoms with Crippen LogP contribution in [-0.4, -0.2) is 23.1 Å². The van der Waals surface area contributed by atoms with E-state index in [-0.39, 0.29) is 12.1 Å². The van der Waals surface area contributed by atoms with E-state index in [1.54, 1.807) is 6.92 Å². The van der Waals surface area contributed by atoms with Gasteiger partial charge in [-0.2, -0.15) is 0 Å². The normalized spacial score (nSPS) is 11.6. The lowest BCUT2D eigenvalue weighted by atomic mass is 10.2. The molecule has 0 aliphatic rings. The Balaban J connectivity index is 2.58. The second kappa shape index (κ2) is 5.83. The highest BCUT2D eigenvalue weighted by Crippen LogP contribution is 2.08. The Hall–Kier alpha value is -2.11. The molecular weight excluding hydrogens is 227 g/mol. The molecule has 0 saturated heterocycles. The van der Waals surface area contributed by atoms with Gasteiger partial charge in [0.15, 0.2) is 0 Å². The maximum absolute atomic E-state index is 12.8. The van der Waals surface area contributed by atoms with Gasteiger partial charge in [0.1, 0.15) is 11.9 Å². The average molecular weight is 240 g/mol. The number of anilines is 1. The van der Waals surface area contributed by atoms with Crippen molar-refractivity contribution < 1.29 is 19.1 Å². The third kappa shape index (κ3) is 4.10. The van der Waals surface area contributed by atoms with Crippen LogP contribution in [0.15, 0.2) is 24.3 Å². The number of hydrogen-bond acceptors (Lipinski definition) is 2. The van der Waals surface area contributed by atoms with Crippen molar-refractivity contribution >= 4 is 17.7 Å². The quantitative estimate of drug-likeness (QED) is 0.751. The van der Waals surface area contributed by atoms with Crippen LogP contribution in [0.3, 0.4) is 0 Å². The smallest absolute Gasteiger partial charge is 0.326 e. The van der Waals surface area contributed by atoms with E-state index in [1.807, 2.05) is 0 Å². The number of aliphatic carboxylic acids is 1. The second-order valence-electron chi connectivity index (χ2n) is 3.41. The van der Waals surface area contributed by atoms with Gasteiger partial charge in [-0.1, -0.05) is 13.0 Å². The number of carbonyl (C=O) groups excluding carboxylic acids is 1. The maximum Gasteiger partial charge on any atom is 0.326 e. The number of carbonyl (C=O) groups is 2. The van der Waals surface area contributed by atoms with Gasteiger partial charge in [-0.25, -0.2) is 14.0 Å². The molecule has 3 N–H and O–H groups in total. The molecule has 0 saturated carbocycles. The van der Waals surface area contributed by atoms with Gasteiger partial charge < -0.3 is 15.7 Å². The first-order chi connectivity index (χ1) is 8.02. The monoisotopic (exact) mass is 240 g/mol. The molecule has 0 radical (unpaired) electrons. The summed E-state index contributed by atoms with van der Waals surface area (Å²) in [6.07, 6.45) is 0.270. The number of hydrogen-bond donors (Lipinski definition) is 3. The van der Waals surface area contributed by atoms with E-state index in [4.69, 9.17) is 5.11 Å². The number of carboxylic acids is 1. The predicted octanol–water partition coefficient (Wildman–Crippen LogP) is 1.81. The molecule has 0 bridgehead atoms. The maximum atomic E-state index is 12.8. The van der Waals surface area contributed by atoms with Crippen molar-refractivity contribution in [1.82, 2.24) is 5.32 Å². The SMILES string of the molecule is CCC(NC(=O)Nc1cccc(F)c1)C(=O)O. The molecule has 1 aromatic rings. The molecule has 0 aliphatic heterocycles. The highest BCUT2D eigenvalue weighted by atomic mass is 19.1. The molecule has 5 nitrogen and oxygen atoms in total. The van der Waals surface area contributed by atoms with Gasteiger partial charge in [0.05, 0.1) is 0 Å². The molecule has 0 fully saturated rings. The summed E-state index contributed by atoms with van der Waals surface area (Å²) >= 11 is 0. The van der Waals surface area contributed by atoms with Gasteiger partial charge >= 0.3 is 12.0 Å². The predicted molar refractivity (Wildman–Crippen MR) is 60.3 cm³/mol. The summed E-state index contributed by atoms with van der Waals surface area (Å²) in [6.45, 7) is 1.64. The van der Waals surface area contributed by atoms with E-state index in [2.05, 4.69) is 10.6 Å². The molecule has 0 heterocycles. The largest absolute Gasteiger partial charge is 0.480 e. The van der Waals surface area contributed by atoms with E-state index in [0.717, 1.165) is 6.07 Å². The minimum Gasteiger partial charge on any atom is -0.480 e. The van der Waals surface area contributed by atoms with Gasteiger partial charge in [-0.3, -0.25) is 0 Å². The molecule has 1 unspecified atom stereocenters. The lowest BCUT2D eigenvalue weighted by molar-refractivity contribution is -0.139. The molecule has 6 heteroatoms. The van der Waals surface area contributed by atoms with E-state index < -0.39 is 23.9 Å². The molecule has 0 aliphatic carbocycles. The van der Waals surface area contributed by atoms with Crippen molar-refractivity contribution in [3.8, 4) is 0 Å². The van der Waals surface area contributed by atoms with Crippen molar-refractivity contribution in [2.75, 3.05) is 5.32 Å². The zero-order valence-electron chi connectivity index (χ0n) is 9.24. The lowest BCUT2D eigenvalue weighted by Crippen LogP contribution is -2.42. The number of urea groups is 1. The molecule has 0 spiro atoms. The Bertz CT molecular complexity index is 423. The third-order valence-electron chi connectivity index (χ3n) is 2.09. The Labute approximate surface area is 97.6 Å². The van der Waals surface area contributed by atoms with Gasteiger partial charge in [-0.15, -0.1) is 0 Å². The summed E-state index contributed by atoms with van der Waals surface area (Å²) in [4.78, 5) is 22.1. The summed E-state index contributed by atoms with van der Waals surface area (Å²) in [5.74, 6) is -1.59. The highest BCUT2D eigenvalue weighted by Gasteiger charge is 2.17. The minimum absolute atomic E-state index is 0.266. The van der Waals surface area contributed by atoms with Crippen LogP contribution in [0.4, 0.5) is 14.9 Å². The van der Waals surface area contributed by atoms with Crippen molar-refractivity contribution in [2.24, 2.45) is 0 Å². The molecule has 1 rings (SSSR count). The van der Waals surface area contributed by atoms with Gasteiger partial charge in [0.2, 0.25) is 0 Å². The number of halogens is 1. The second-order valence-corrected chi connectivity index (χ2v) is 3.41. The topological polar surface area (TPSA) is 78.4 Å². The van der Waals surface area contributed by atoms with Crippen LogP contribution in [0.5, 0.6) is 0 Å². The van der Waals surface area contributed by atoms with E-state index in [0.29, 0.717) is 0 Å². The third-order valence-corrected chi connectivity index (χ3v) is 2.09. The molecule has 92 valence electrons. The van der Waals surface area contributed by atoms with Crippen LogP contribution in [0, 0.1) is 5.82 Å².